The zero-order chi connectivity index (χ0) is 16.0. The first-order valence-corrected chi connectivity index (χ1v) is 7.29. The van der Waals surface area contributed by atoms with E-state index in [4.69, 9.17) is 11.6 Å². The van der Waals surface area contributed by atoms with E-state index in [2.05, 4.69) is 6.58 Å². The second kappa shape index (κ2) is 7.82. The van der Waals surface area contributed by atoms with Crippen molar-refractivity contribution < 1.29 is 18.0 Å². The monoisotopic (exact) mass is 340 g/mol. The SMILES string of the molecule is C=CCN(CC(=O)N(C)CC(F)(F)F)Cc1ccc(Cl)s1. The van der Waals surface area contributed by atoms with Gasteiger partial charge in [0, 0.05) is 25.0 Å². The molecule has 0 bridgehead atoms. The highest BCUT2D eigenvalue weighted by atomic mass is 35.5. The molecule has 0 N–H and O–H groups in total. The van der Waals surface area contributed by atoms with E-state index in [9.17, 15) is 18.0 Å². The zero-order valence-electron chi connectivity index (χ0n) is 11.5. The van der Waals surface area contributed by atoms with E-state index < -0.39 is 18.6 Å². The summed E-state index contributed by atoms with van der Waals surface area (Å²) in [7, 11) is 1.14. The molecule has 0 spiro atoms. The summed E-state index contributed by atoms with van der Waals surface area (Å²) < 4.78 is 37.4. The molecule has 0 aliphatic heterocycles. The van der Waals surface area contributed by atoms with Gasteiger partial charge in [0.25, 0.3) is 0 Å². The summed E-state index contributed by atoms with van der Waals surface area (Å²) in [5, 5.41) is 0. The first-order chi connectivity index (χ1) is 9.71. The van der Waals surface area contributed by atoms with Crippen LogP contribution in [0, 0.1) is 0 Å². The summed E-state index contributed by atoms with van der Waals surface area (Å²) >= 11 is 7.20. The Morgan fingerprint density at radius 3 is 2.62 bits per heavy atom. The van der Waals surface area contributed by atoms with Crippen LogP contribution in [0.3, 0.4) is 0 Å². The number of carbonyl (C=O) groups excluding carboxylic acids is 1. The molecule has 1 aromatic heterocycles. The first kappa shape index (κ1) is 18.0. The quantitative estimate of drug-likeness (QED) is 0.710. The van der Waals surface area contributed by atoms with Crippen LogP contribution in [0.15, 0.2) is 24.8 Å². The molecule has 21 heavy (non-hydrogen) atoms. The van der Waals surface area contributed by atoms with Crippen LogP contribution >= 0.6 is 22.9 Å². The molecule has 1 rings (SSSR count). The molecular weight excluding hydrogens is 325 g/mol. The predicted octanol–water partition coefficient (Wildman–Crippen LogP) is 3.41. The van der Waals surface area contributed by atoms with Gasteiger partial charge in [0.15, 0.2) is 0 Å². The third-order valence-corrected chi connectivity index (χ3v) is 3.81. The smallest absolute Gasteiger partial charge is 0.336 e. The van der Waals surface area contributed by atoms with Gasteiger partial charge in [0.1, 0.15) is 6.54 Å². The molecule has 118 valence electrons. The van der Waals surface area contributed by atoms with Crippen molar-refractivity contribution in [3.63, 3.8) is 0 Å². The van der Waals surface area contributed by atoms with Crippen LogP contribution in [0.5, 0.6) is 0 Å². The zero-order valence-corrected chi connectivity index (χ0v) is 13.1. The fraction of sp³-hybridized carbons (Fsp3) is 0.462. The number of likely N-dealkylation sites (N-methyl/N-ethyl adjacent to an activating group) is 1. The Hall–Kier alpha value is -1.05. The molecule has 0 fully saturated rings. The largest absolute Gasteiger partial charge is 0.406 e. The van der Waals surface area contributed by atoms with Gasteiger partial charge < -0.3 is 4.90 Å². The van der Waals surface area contributed by atoms with E-state index in [-0.39, 0.29) is 6.54 Å². The minimum absolute atomic E-state index is 0.103. The average Bonchev–Trinajstić information content (AvgIpc) is 2.72. The van der Waals surface area contributed by atoms with E-state index in [1.54, 1.807) is 17.0 Å². The Kier molecular flexibility index (Phi) is 6.70. The van der Waals surface area contributed by atoms with Crippen LogP contribution < -0.4 is 0 Å². The van der Waals surface area contributed by atoms with Crippen LogP contribution in [-0.2, 0) is 11.3 Å². The van der Waals surface area contributed by atoms with Gasteiger partial charge in [0.2, 0.25) is 5.91 Å². The summed E-state index contributed by atoms with van der Waals surface area (Å²) in [4.78, 5) is 15.2. The summed E-state index contributed by atoms with van der Waals surface area (Å²) in [6.45, 7) is 3.08. The van der Waals surface area contributed by atoms with Crippen LogP contribution in [0.1, 0.15) is 4.88 Å². The van der Waals surface area contributed by atoms with E-state index in [0.29, 0.717) is 22.3 Å². The van der Waals surface area contributed by atoms with Gasteiger partial charge in [-0.05, 0) is 12.1 Å². The van der Waals surface area contributed by atoms with Crippen LogP contribution in [0.25, 0.3) is 0 Å². The second-order valence-corrected chi connectivity index (χ2v) is 6.33. The van der Waals surface area contributed by atoms with E-state index >= 15 is 0 Å². The lowest BCUT2D eigenvalue weighted by Gasteiger charge is -2.24. The highest BCUT2D eigenvalue weighted by Crippen LogP contribution is 2.22. The van der Waals surface area contributed by atoms with Crippen molar-refractivity contribution in [2.75, 3.05) is 26.7 Å². The molecule has 0 radical (unpaired) electrons. The lowest BCUT2D eigenvalue weighted by atomic mass is 10.3. The lowest BCUT2D eigenvalue weighted by Crippen LogP contribution is -2.42. The minimum atomic E-state index is -4.39. The second-order valence-electron chi connectivity index (χ2n) is 4.53. The first-order valence-electron chi connectivity index (χ1n) is 6.09. The molecule has 0 saturated heterocycles. The lowest BCUT2D eigenvalue weighted by molar-refractivity contribution is -0.159. The number of thiophene rings is 1. The molecule has 0 saturated carbocycles. The molecule has 3 nitrogen and oxygen atoms in total. The van der Waals surface area contributed by atoms with Crippen molar-refractivity contribution >= 4 is 28.8 Å². The van der Waals surface area contributed by atoms with Gasteiger partial charge in [-0.3, -0.25) is 9.69 Å². The Bertz CT molecular complexity index is 490. The fourth-order valence-corrected chi connectivity index (χ4v) is 2.82. The number of rotatable bonds is 7. The third kappa shape index (κ3) is 6.97. The van der Waals surface area contributed by atoms with Crippen molar-refractivity contribution in [3.8, 4) is 0 Å². The summed E-state index contributed by atoms with van der Waals surface area (Å²) in [6, 6.07) is 3.57. The summed E-state index contributed by atoms with van der Waals surface area (Å²) in [5.41, 5.74) is 0. The third-order valence-electron chi connectivity index (χ3n) is 2.60. The van der Waals surface area contributed by atoms with Gasteiger partial charge in [-0.15, -0.1) is 17.9 Å². The van der Waals surface area contributed by atoms with Crippen molar-refractivity contribution in [1.29, 1.82) is 0 Å². The van der Waals surface area contributed by atoms with Crippen molar-refractivity contribution in [1.82, 2.24) is 9.80 Å². The van der Waals surface area contributed by atoms with E-state index in [1.165, 1.54) is 11.3 Å². The number of carbonyl (C=O) groups is 1. The minimum Gasteiger partial charge on any atom is -0.336 e. The molecule has 1 heterocycles. The number of halogens is 4. The van der Waals surface area contributed by atoms with Gasteiger partial charge >= 0.3 is 6.18 Å². The molecular formula is C13H16ClF3N2OS. The van der Waals surface area contributed by atoms with Crippen molar-refractivity contribution in [2.45, 2.75) is 12.7 Å². The highest BCUT2D eigenvalue weighted by molar-refractivity contribution is 7.16. The van der Waals surface area contributed by atoms with Gasteiger partial charge in [-0.2, -0.15) is 13.2 Å². The molecule has 0 atom stereocenters. The molecule has 0 aliphatic rings. The number of hydrogen-bond acceptors (Lipinski definition) is 3. The van der Waals surface area contributed by atoms with Crippen molar-refractivity contribution in [2.24, 2.45) is 0 Å². The number of hydrogen-bond donors (Lipinski definition) is 0. The number of amides is 1. The van der Waals surface area contributed by atoms with E-state index in [1.807, 2.05) is 6.07 Å². The number of alkyl halides is 3. The van der Waals surface area contributed by atoms with Gasteiger partial charge in [0.05, 0.1) is 10.9 Å². The van der Waals surface area contributed by atoms with Crippen LogP contribution in [-0.4, -0.2) is 48.6 Å². The number of nitrogens with zero attached hydrogens (tertiary/aromatic N) is 2. The Labute approximate surface area is 130 Å². The average molecular weight is 341 g/mol. The van der Waals surface area contributed by atoms with Gasteiger partial charge in [-0.1, -0.05) is 17.7 Å². The Morgan fingerprint density at radius 2 is 2.14 bits per heavy atom. The fourth-order valence-electron chi connectivity index (χ4n) is 1.69. The van der Waals surface area contributed by atoms with Crippen LogP contribution in [0.4, 0.5) is 13.2 Å². The van der Waals surface area contributed by atoms with E-state index in [0.717, 1.165) is 11.9 Å². The van der Waals surface area contributed by atoms with Crippen molar-refractivity contribution in [3.05, 3.63) is 34.0 Å². The maximum Gasteiger partial charge on any atom is 0.406 e. The molecule has 8 heteroatoms. The molecule has 1 aromatic rings. The summed E-state index contributed by atoms with van der Waals surface area (Å²) in [5.74, 6) is -0.586. The standard InChI is InChI=1S/C13H16ClF3N2OS/c1-3-6-19(7-10-4-5-11(14)21-10)8-12(20)18(2)9-13(15,16)17/h3-5H,1,6-9H2,2H3. The summed E-state index contributed by atoms with van der Waals surface area (Å²) in [6.07, 6.45) is -2.79. The maximum absolute atomic E-state index is 12.3. The molecule has 0 aromatic carbocycles. The maximum atomic E-state index is 12.3. The predicted molar refractivity (Wildman–Crippen MR) is 78.5 cm³/mol. The normalized spacial score (nSPS) is 11.7. The van der Waals surface area contributed by atoms with Crippen LogP contribution in [0.2, 0.25) is 4.34 Å². The Morgan fingerprint density at radius 1 is 1.48 bits per heavy atom. The Balaban J connectivity index is 2.60. The topological polar surface area (TPSA) is 23.6 Å². The molecule has 1 amide bonds. The molecule has 0 unspecified atom stereocenters. The van der Waals surface area contributed by atoms with Gasteiger partial charge in [-0.25, -0.2) is 0 Å². The highest BCUT2D eigenvalue weighted by Gasteiger charge is 2.31. The molecule has 0 aliphatic carbocycles.